The van der Waals surface area contributed by atoms with E-state index in [4.69, 9.17) is 9.47 Å². The molecule has 1 aromatic carbocycles. The lowest BCUT2D eigenvalue weighted by Gasteiger charge is -2.32. The van der Waals surface area contributed by atoms with Gasteiger partial charge in [0.25, 0.3) is 0 Å². The van der Waals surface area contributed by atoms with E-state index >= 15 is 0 Å². The molecule has 1 unspecified atom stereocenters. The van der Waals surface area contributed by atoms with Crippen molar-refractivity contribution in [3.63, 3.8) is 0 Å². The van der Waals surface area contributed by atoms with Gasteiger partial charge in [0.2, 0.25) is 6.79 Å². The molecule has 2 saturated heterocycles. The third-order valence-electron chi connectivity index (χ3n) is 4.81. The normalized spacial score (nSPS) is 25.8. The van der Waals surface area contributed by atoms with E-state index in [0.717, 1.165) is 41.6 Å². The van der Waals surface area contributed by atoms with Crippen LogP contribution in [0.15, 0.2) is 16.6 Å². The third kappa shape index (κ3) is 2.97. The van der Waals surface area contributed by atoms with Gasteiger partial charge in [-0.1, -0.05) is 0 Å². The molecule has 2 fully saturated rings. The van der Waals surface area contributed by atoms with Crippen molar-refractivity contribution in [3.05, 3.63) is 22.2 Å². The molecule has 1 N–H and O–H groups in total. The van der Waals surface area contributed by atoms with Crippen LogP contribution in [0.25, 0.3) is 0 Å². The minimum Gasteiger partial charge on any atom is -0.454 e. The molecule has 0 spiro atoms. The highest BCUT2D eigenvalue weighted by atomic mass is 79.9. The van der Waals surface area contributed by atoms with Crippen LogP contribution in [0.5, 0.6) is 11.5 Å². The molecule has 3 aliphatic heterocycles. The molecular weight excluding hydrogens is 346 g/mol. The lowest BCUT2D eigenvalue weighted by molar-refractivity contribution is 0.170. The summed E-state index contributed by atoms with van der Waals surface area (Å²) in [5.41, 5.74) is 1.29. The van der Waals surface area contributed by atoms with Crippen LogP contribution in [0.3, 0.4) is 0 Å². The molecule has 3 heterocycles. The number of hydrogen-bond acceptors (Lipinski definition) is 5. The van der Waals surface area contributed by atoms with E-state index in [1.54, 1.807) is 0 Å². The summed E-state index contributed by atoms with van der Waals surface area (Å²) < 4.78 is 12.0. The standard InChI is InChI=1S/C16H22BrN3O2/c17-14-7-12(8-15-16(14)22-11-21-15)9-19-4-1-13(10-19)20-5-2-18-3-6-20/h7-8,13,18H,1-6,9-11H2. The Kier molecular flexibility index (Phi) is 4.26. The SMILES string of the molecule is Brc1cc(CN2CCC(N3CCNCC3)C2)cc2c1OCO2. The van der Waals surface area contributed by atoms with E-state index in [1.165, 1.54) is 38.2 Å². The van der Waals surface area contributed by atoms with Gasteiger partial charge in [-0.25, -0.2) is 0 Å². The van der Waals surface area contributed by atoms with Crippen LogP contribution in [0.4, 0.5) is 0 Å². The molecule has 3 aliphatic rings. The Hall–Kier alpha value is -0.820. The van der Waals surface area contributed by atoms with Crippen molar-refractivity contribution in [2.24, 2.45) is 0 Å². The molecule has 5 nitrogen and oxygen atoms in total. The summed E-state index contributed by atoms with van der Waals surface area (Å²) in [6.45, 7) is 8.30. The Bertz CT molecular complexity index is 548. The van der Waals surface area contributed by atoms with Crippen LogP contribution in [0.2, 0.25) is 0 Å². The molecule has 22 heavy (non-hydrogen) atoms. The summed E-state index contributed by atoms with van der Waals surface area (Å²) in [5.74, 6) is 1.70. The molecule has 0 aromatic heterocycles. The quantitative estimate of drug-likeness (QED) is 0.879. The van der Waals surface area contributed by atoms with E-state index in [1.807, 2.05) is 0 Å². The van der Waals surface area contributed by atoms with Gasteiger partial charge in [0.1, 0.15) is 0 Å². The van der Waals surface area contributed by atoms with E-state index in [2.05, 4.69) is 43.2 Å². The van der Waals surface area contributed by atoms with E-state index in [0.29, 0.717) is 6.79 Å². The minimum absolute atomic E-state index is 0.326. The van der Waals surface area contributed by atoms with Gasteiger partial charge in [-0.2, -0.15) is 0 Å². The van der Waals surface area contributed by atoms with Crippen molar-refractivity contribution in [1.29, 1.82) is 0 Å². The Labute approximate surface area is 139 Å². The average Bonchev–Trinajstić information content (AvgIpc) is 3.17. The fourth-order valence-electron chi connectivity index (χ4n) is 3.67. The molecule has 1 atom stereocenters. The molecule has 0 bridgehead atoms. The van der Waals surface area contributed by atoms with Gasteiger partial charge in [-0.3, -0.25) is 9.80 Å². The molecule has 120 valence electrons. The summed E-state index contributed by atoms with van der Waals surface area (Å²) in [6, 6.07) is 5.00. The number of likely N-dealkylation sites (tertiary alicyclic amines) is 1. The van der Waals surface area contributed by atoms with Crippen molar-refractivity contribution >= 4 is 15.9 Å². The van der Waals surface area contributed by atoms with E-state index in [9.17, 15) is 0 Å². The highest BCUT2D eigenvalue weighted by molar-refractivity contribution is 9.10. The van der Waals surface area contributed by atoms with Crippen molar-refractivity contribution < 1.29 is 9.47 Å². The third-order valence-corrected chi connectivity index (χ3v) is 5.40. The largest absolute Gasteiger partial charge is 0.454 e. The number of nitrogens with one attached hydrogen (secondary N) is 1. The number of fused-ring (bicyclic) bond motifs is 1. The van der Waals surface area contributed by atoms with Gasteiger partial charge in [-0.15, -0.1) is 0 Å². The number of benzene rings is 1. The monoisotopic (exact) mass is 367 g/mol. The van der Waals surface area contributed by atoms with E-state index in [-0.39, 0.29) is 0 Å². The summed E-state index contributed by atoms with van der Waals surface area (Å²) in [4.78, 5) is 5.20. The van der Waals surface area contributed by atoms with Crippen molar-refractivity contribution in [2.45, 2.75) is 19.0 Å². The fourth-order valence-corrected chi connectivity index (χ4v) is 4.28. The first-order valence-electron chi connectivity index (χ1n) is 8.05. The predicted octanol–water partition coefficient (Wildman–Crippen LogP) is 1.66. The smallest absolute Gasteiger partial charge is 0.231 e. The van der Waals surface area contributed by atoms with Gasteiger partial charge in [-0.05, 0) is 40.0 Å². The second-order valence-electron chi connectivity index (χ2n) is 6.28. The summed E-state index contributed by atoms with van der Waals surface area (Å²) >= 11 is 3.58. The maximum absolute atomic E-state index is 5.51. The first kappa shape index (κ1) is 14.8. The molecule has 0 radical (unpaired) electrons. The zero-order valence-corrected chi connectivity index (χ0v) is 14.3. The summed E-state index contributed by atoms with van der Waals surface area (Å²) in [5, 5.41) is 3.43. The van der Waals surface area contributed by atoms with Crippen LogP contribution >= 0.6 is 15.9 Å². The van der Waals surface area contributed by atoms with Crippen LogP contribution in [-0.2, 0) is 6.54 Å². The van der Waals surface area contributed by atoms with Gasteiger partial charge >= 0.3 is 0 Å². The van der Waals surface area contributed by atoms with Gasteiger partial charge in [0.15, 0.2) is 11.5 Å². The number of ether oxygens (including phenoxy) is 2. The Morgan fingerprint density at radius 1 is 1.18 bits per heavy atom. The zero-order chi connectivity index (χ0) is 14.9. The first-order chi connectivity index (χ1) is 10.8. The minimum atomic E-state index is 0.326. The molecule has 0 amide bonds. The summed E-state index contributed by atoms with van der Waals surface area (Å²) in [6.07, 6.45) is 1.28. The predicted molar refractivity (Wildman–Crippen MR) is 88.4 cm³/mol. The van der Waals surface area contributed by atoms with Crippen molar-refractivity contribution in [1.82, 2.24) is 15.1 Å². The number of halogens is 1. The second-order valence-corrected chi connectivity index (χ2v) is 7.13. The van der Waals surface area contributed by atoms with E-state index < -0.39 is 0 Å². The number of piperazine rings is 1. The van der Waals surface area contributed by atoms with Crippen LogP contribution in [0.1, 0.15) is 12.0 Å². The number of hydrogen-bond donors (Lipinski definition) is 1. The van der Waals surface area contributed by atoms with Gasteiger partial charge in [0, 0.05) is 51.9 Å². The van der Waals surface area contributed by atoms with Crippen LogP contribution in [-0.4, -0.2) is 61.9 Å². The molecule has 4 rings (SSSR count). The topological polar surface area (TPSA) is 37.0 Å². The molecule has 1 aromatic rings. The van der Waals surface area contributed by atoms with Crippen molar-refractivity contribution in [3.8, 4) is 11.5 Å². The Morgan fingerprint density at radius 3 is 2.91 bits per heavy atom. The second kappa shape index (κ2) is 6.35. The van der Waals surface area contributed by atoms with Crippen molar-refractivity contribution in [2.75, 3.05) is 46.1 Å². The maximum atomic E-state index is 5.51. The Morgan fingerprint density at radius 2 is 2.05 bits per heavy atom. The number of rotatable bonds is 3. The summed E-state index contributed by atoms with van der Waals surface area (Å²) in [7, 11) is 0. The highest BCUT2D eigenvalue weighted by Crippen LogP contribution is 2.40. The first-order valence-corrected chi connectivity index (χ1v) is 8.84. The van der Waals surface area contributed by atoms with Crippen LogP contribution < -0.4 is 14.8 Å². The maximum Gasteiger partial charge on any atom is 0.231 e. The average molecular weight is 368 g/mol. The molecule has 0 saturated carbocycles. The Balaban J connectivity index is 1.39. The zero-order valence-electron chi connectivity index (χ0n) is 12.7. The molecule has 6 heteroatoms. The van der Waals surface area contributed by atoms with Crippen LogP contribution in [0, 0.1) is 0 Å². The lowest BCUT2D eigenvalue weighted by Crippen LogP contribution is -2.49. The van der Waals surface area contributed by atoms with Gasteiger partial charge < -0.3 is 14.8 Å². The number of nitrogens with zero attached hydrogens (tertiary/aromatic N) is 2. The lowest BCUT2D eigenvalue weighted by atomic mass is 10.2. The highest BCUT2D eigenvalue weighted by Gasteiger charge is 2.28. The molecular formula is C16H22BrN3O2. The van der Waals surface area contributed by atoms with Gasteiger partial charge in [0.05, 0.1) is 4.47 Å². The fraction of sp³-hybridized carbons (Fsp3) is 0.625. The molecule has 0 aliphatic carbocycles.